The lowest BCUT2D eigenvalue weighted by atomic mass is 10.7. The zero-order chi connectivity index (χ0) is 5.70. The quantitative estimate of drug-likeness (QED) is 0.507. The molecule has 0 aliphatic rings. The molecule has 0 amide bonds. The van der Waals surface area contributed by atoms with Gasteiger partial charge in [-0.15, -0.1) is 0 Å². The van der Waals surface area contributed by atoms with Crippen LogP contribution in [0.2, 0.25) is 0 Å². The summed E-state index contributed by atoms with van der Waals surface area (Å²) in [5.41, 5.74) is 5.10. The Hall–Kier alpha value is -0.0600. The van der Waals surface area contributed by atoms with E-state index in [4.69, 9.17) is 5.73 Å². The molecular weight excluding hydrogens is 203 g/mol. The minimum Gasteiger partial charge on any atom is -0.404 e. The van der Waals surface area contributed by atoms with Crippen molar-refractivity contribution in [2.24, 2.45) is 10.7 Å². The van der Waals surface area contributed by atoms with E-state index in [0.717, 1.165) is 3.58 Å². The van der Waals surface area contributed by atoms with E-state index in [-0.39, 0.29) is 0 Å². The Labute approximate surface area is 56.6 Å². The molecule has 2 N–H and O–H groups in total. The van der Waals surface area contributed by atoms with Gasteiger partial charge in [0.1, 0.15) is 0 Å². The Morgan fingerprint density at radius 1 is 1.86 bits per heavy atom. The lowest BCUT2D eigenvalue weighted by Crippen LogP contribution is -1.80. The molecule has 7 heavy (non-hydrogen) atoms. The van der Waals surface area contributed by atoms with Gasteiger partial charge in [-0.3, -0.25) is 4.99 Å². The van der Waals surface area contributed by atoms with Crippen molar-refractivity contribution in [3.63, 3.8) is 0 Å². The second-order valence-electron chi connectivity index (χ2n) is 0.939. The Morgan fingerprint density at radius 3 is 2.57 bits per heavy atom. The first-order valence-corrected chi connectivity index (χ1v) is 2.88. The normalized spacial score (nSPS) is 13.1. The van der Waals surface area contributed by atoms with Crippen LogP contribution in [-0.2, 0) is 0 Å². The third-order valence-electron chi connectivity index (χ3n) is 0.412. The van der Waals surface area contributed by atoms with Gasteiger partial charge in [-0.05, 0) is 22.6 Å². The van der Waals surface area contributed by atoms with Crippen molar-refractivity contribution in [3.8, 4) is 0 Å². The van der Waals surface area contributed by atoms with E-state index in [1.165, 1.54) is 6.20 Å². The van der Waals surface area contributed by atoms with Crippen LogP contribution in [0, 0.1) is 0 Å². The lowest BCUT2D eigenvalue weighted by molar-refractivity contribution is 1.47. The molecule has 0 aliphatic heterocycles. The van der Waals surface area contributed by atoms with Crippen molar-refractivity contribution < 1.29 is 0 Å². The van der Waals surface area contributed by atoms with Gasteiger partial charge in [-0.1, -0.05) is 0 Å². The van der Waals surface area contributed by atoms with Crippen molar-refractivity contribution in [1.29, 1.82) is 0 Å². The number of rotatable bonds is 1. The van der Waals surface area contributed by atoms with Crippen molar-refractivity contribution in [1.82, 2.24) is 0 Å². The Kier molecular flexibility index (Phi) is 4.07. The highest BCUT2D eigenvalue weighted by atomic mass is 127. The van der Waals surface area contributed by atoms with E-state index >= 15 is 0 Å². The van der Waals surface area contributed by atoms with E-state index in [1.807, 2.05) is 0 Å². The van der Waals surface area contributed by atoms with Gasteiger partial charge in [0.15, 0.2) is 0 Å². The number of halogens is 1. The molecular formula is C4H7IN2. The summed E-state index contributed by atoms with van der Waals surface area (Å²) >= 11 is 2.09. The second kappa shape index (κ2) is 4.11. The zero-order valence-electron chi connectivity index (χ0n) is 4.06. The molecule has 3 heteroatoms. The van der Waals surface area contributed by atoms with Crippen molar-refractivity contribution >= 4 is 28.8 Å². The van der Waals surface area contributed by atoms with Crippen LogP contribution < -0.4 is 5.73 Å². The van der Waals surface area contributed by atoms with Gasteiger partial charge < -0.3 is 5.73 Å². The number of nitrogens with two attached hydrogens (primary N) is 1. The first-order chi connectivity index (χ1) is 3.31. The van der Waals surface area contributed by atoms with E-state index < -0.39 is 0 Å². The summed E-state index contributed by atoms with van der Waals surface area (Å²) in [4.78, 5) is 3.73. The molecule has 40 valence electrons. The van der Waals surface area contributed by atoms with Crippen LogP contribution in [0.4, 0.5) is 0 Å². The van der Waals surface area contributed by atoms with Crippen LogP contribution in [0.5, 0.6) is 0 Å². The average molecular weight is 210 g/mol. The first-order valence-electron chi connectivity index (χ1n) is 1.81. The van der Waals surface area contributed by atoms with Crippen LogP contribution in [0.1, 0.15) is 0 Å². The fraction of sp³-hybridized carbons (Fsp3) is 0.250. The Balaban J connectivity index is 3.58. The van der Waals surface area contributed by atoms with E-state index in [1.54, 1.807) is 13.3 Å². The fourth-order valence-electron chi connectivity index (χ4n) is 0.166. The second-order valence-corrected chi connectivity index (χ2v) is 2.18. The van der Waals surface area contributed by atoms with Gasteiger partial charge in [-0.2, -0.15) is 0 Å². The van der Waals surface area contributed by atoms with E-state index in [0.29, 0.717) is 0 Å². The molecule has 0 heterocycles. The third kappa shape index (κ3) is 3.78. The predicted octanol–water partition coefficient (Wildman–Crippen LogP) is 0.922. The molecule has 0 aliphatic carbocycles. The standard InChI is InChI=1S/C4H7IN2/c1-7-3-4(5)2-6/h2-3H,6H2,1H3/b4-2+,7-3?. The number of allylic oxidation sites excluding steroid dienone is 1. The Bertz CT molecular complexity index is 95.9. The number of nitrogens with zero attached hydrogens (tertiary/aromatic N) is 1. The summed E-state index contributed by atoms with van der Waals surface area (Å²) in [6, 6.07) is 0. The third-order valence-corrected chi connectivity index (χ3v) is 1.05. The molecule has 0 aromatic heterocycles. The first kappa shape index (κ1) is 6.94. The predicted molar refractivity (Wildman–Crippen MR) is 40.7 cm³/mol. The van der Waals surface area contributed by atoms with Gasteiger partial charge in [0.25, 0.3) is 0 Å². The molecule has 0 spiro atoms. The average Bonchev–Trinajstić information content (AvgIpc) is 1.68. The van der Waals surface area contributed by atoms with E-state index in [2.05, 4.69) is 27.6 Å². The molecule has 0 bridgehead atoms. The number of hydrogen-bond donors (Lipinski definition) is 1. The Morgan fingerprint density at radius 2 is 2.43 bits per heavy atom. The van der Waals surface area contributed by atoms with E-state index in [9.17, 15) is 0 Å². The molecule has 0 fully saturated rings. The lowest BCUT2D eigenvalue weighted by Gasteiger charge is -1.78. The number of hydrogen-bond acceptors (Lipinski definition) is 2. The highest BCUT2D eigenvalue weighted by Crippen LogP contribution is 1.96. The molecule has 0 rings (SSSR count). The minimum atomic E-state index is 0.958. The van der Waals surface area contributed by atoms with Gasteiger partial charge in [0.2, 0.25) is 0 Å². The molecule has 0 radical (unpaired) electrons. The molecule has 0 unspecified atom stereocenters. The molecule has 2 nitrogen and oxygen atoms in total. The maximum atomic E-state index is 5.10. The van der Waals surface area contributed by atoms with Gasteiger partial charge in [0, 0.05) is 23.0 Å². The van der Waals surface area contributed by atoms with Crippen molar-refractivity contribution in [3.05, 3.63) is 9.78 Å². The molecule has 0 atom stereocenters. The largest absolute Gasteiger partial charge is 0.404 e. The summed E-state index contributed by atoms with van der Waals surface area (Å²) < 4.78 is 0.958. The fourth-order valence-corrected chi connectivity index (χ4v) is 0.445. The highest BCUT2D eigenvalue weighted by molar-refractivity contribution is 14.1. The molecule has 0 aromatic carbocycles. The summed E-state index contributed by atoms with van der Waals surface area (Å²) in [6.07, 6.45) is 3.20. The monoisotopic (exact) mass is 210 g/mol. The van der Waals surface area contributed by atoms with Crippen LogP contribution in [-0.4, -0.2) is 13.3 Å². The summed E-state index contributed by atoms with van der Waals surface area (Å²) in [7, 11) is 1.71. The maximum absolute atomic E-state index is 5.10. The van der Waals surface area contributed by atoms with Gasteiger partial charge in [-0.25, -0.2) is 0 Å². The number of aliphatic imine (C=N–C) groups is 1. The van der Waals surface area contributed by atoms with Crippen LogP contribution in [0.25, 0.3) is 0 Å². The maximum Gasteiger partial charge on any atom is 0.0463 e. The summed E-state index contributed by atoms with van der Waals surface area (Å²) in [5, 5.41) is 0. The SMILES string of the molecule is CN=C/C(I)=C\N. The van der Waals surface area contributed by atoms with Crippen LogP contribution in [0.15, 0.2) is 14.8 Å². The topological polar surface area (TPSA) is 38.4 Å². The van der Waals surface area contributed by atoms with Crippen molar-refractivity contribution in [2.45, 2.75) is 0 Å². The van der Waals surface area contributed by atoms with Crippen LogP contribution in [0.3, 0.4) is 0 Å². The molecule has 0 saturated heterocycles. The molecule has 0 aromatic rings. The zero-order valence-corrected chi connectivity index (χ0v) is 6.21. The molecule has 0 saturated carbocycles. The smallest absolute Gasteiger partial charge is 0.0463 e. The summed E-state index contributed by atoms with van der Waals surface area (Å²) in [6.45, 7) is 0. The highest BCUT2D eigenvalue weighted by Gasteiger charge is 1.74. The van der Waals surface area contributed by atoms with Crippen molar-refractivity contribution in [2.75, 3.05) is 7.05 Å². The van der Waals surface area contributed by atoms with Crippen LogP contribution >= 0.6 is 22.6 Å². The summed E-state index contributed by atoms with van der Waals surface area (Å²) in [5.74, 6) is 0. The minimum absolute atomic E-state index is 0.958. The van der Waals surface area contributed by atoms with Gasteiger partial charge in [0.05, 0.1) is 0 Å². The van der Waals surface area contributed by atoms with Gasteiger partial charge >= 0.3 is 0 Å².